The van der Waals surface area contributed by atoms with Crippen LogP contribution in [-0.2, 0) is 14.3 Å². The number of nitrogens with one attached hydrogen (secondary N) is 1. The molecule has 1 aromatic carbocycles. The van der Waals surface area contributed by atoms with Crippen molar-refractivity contribution in [3.05, 3.63) is 120 Å². The largest absolute Gasteiger partial charge is 0.461 e. The molecule has 11 heteroatoms. The van der Waals surface area contributed by atoms with Gasteiger partial charge < -0.3 is 15.8 Å². The van der Waals surface area contributed by atoms with Gasteiger partial charge in [-0.25, -0.2) is 8.78 Å². The Balaban J connectivity index is 0. The molecule has 42 heavy (non-hydrogen) atoms. The summed E-state index contributed by atoms with van der Waals surface area (Å²) in [6.07, 6.45) is 5.95. The fourth-order valence-corrected chi connectivity index (χ4v) is 2.51. The highest BCUT2D eigenvalue weighted by atomic mass is 19.3. The minimum atomic E-state index is -4.81. The molecule has 0 bridgehead atoms. The average Bonchev–Trinajstić information content (AvgIpc) is 3.39. The molecule has 1 amide bonds. The fraction of sp³-hybridized carbons (Fsp3) is 0.290. The predicted molar refractivity (Wildman–Crippen MR) is 155 cm³/mol. The van der Waals surface area contributed by atoms with Crippen molar-refractivity contribution in [1.29, 1.82) is 0 Å². The Morgan fingerprint density at radius 1 is 1.12 bits per heavy atom. The zero-order chi connectivity index (χ0) is 32.7. The molecule has 5 nitrogen and oxygen atoms in total. The molecule has 0 aromatic heterocycles. The van der Waals surface area contributed by atoms with E-state index in [9.17, 15) is 31.1 Å². The van der Waals surface area contributed by atoms with E-state index in [-0.39, 0.29) is 11.4 Å². The van der Waals surface area contributed by atoms with Crippen molar-refractivity contribution in [3.63, 3.8) is 0 Å². The lowest BCUT2D eigenvalue weighted by atomic mass is 10.00. The van der Waals surface area contributed by atoms with E-state index >= 15 is 0 Å². The Hall–Kier alpha value is -4.12. The second-order valence-electron chi connectivity index (χ2n) is 8.53. The van der Waals surface area contributed by atoms with Gasteiger partial charge in [-0.3, -0.25) is 9.59 Å². The molecule has 0 saturated carbocycles. The first-order valence-corrected chi connectivity index (χ1v) is 12.4. The quantitative estimate of drug-likeness (QED) is 0.124. The van der Waals surface area contributed by atoms with Crippen molar-refractivity contribution in [1.82, 2.24) is 5.32 Å². The first-order valence-electron chi connectivity index (χ1n) is 12.4. The molecule has 1 aromatic rings. The number of hydrogen-bond donors (Lipinski definition) is 2. The van der Waals surface area contributed by atoms with Crippen molar-refractivity contribution in [2.45, 2.75) is 52.2 Å². The van der Waals surface area contributed by atoms with Crippen LogP contribution in [0.5, 0.6) is 0 Å². The average molecular weight is 601 g/mol. The standard InChI is InChI=1S/C16H15F6NO.C8H12.C5H6O.C2H5NO/c1-9(14(23)11-3-5-12(18)6-4-11)7-13(8-10(2)17)24-16(21,22)15(19)20;1-4-5-6-7-8(2)3;6-5-3-1-2-4-5;1-3-2-4/h3-8,14-15H,1,23H2,2H3;4-7H,1H2,2-3H3;1,3H,2,4H2;2H,1H3,(H,3,4)/b10-8+,13-7+;6-5-;;/t14-;;;/m0.../s1. The monoisotopic (exact) mass is 600 g/mol. The van der Waals surface area contributed by atoms with E-state index in [0.717, 1.165) is 38.0 Å². The van der Waals surface area contributed by atoms with Gasteiger partial charge in [0.1, 0.15) is 17.4 Å². The van der Waals surface area contributed by atoms with Gasteiger partial charge in [-0.2, -0.15) is 17.6 Å². The van der Waals surface area contributed by atoms with Gasteiger partial charge in [0.15, 0.2) is 5.78 Å². The SMILES string of the molecule is C=C(/C=C(\C=C(/C)F)OC(F)(F)C(F)F)[C@H](N)c1ccc(F)cc1.C=C/C=C\C=C(C)C.CNC=O.O=C1C=CCC1. The van der Waals surface area contributed by atoms with Gasteiger partial charge in [-0.1, -0.05) is 61.2 Å². The van der Waals surface area contributed by atoms with Crippen LogP contribution in [0.1, 0.15) is 45.2 Å². The Labute approximate surface area is 243 Å². The number of benzene rings is 1. The van der Waals surface area contributed by atoms with Gasteiger partial charge in [-0.15, -0.1) is 0 Å². The maximum atomic E-state index is 13.0. The van der Waals surface area contributed by atoms with Crippen LogP contribution in [-0.4, -0.2) is 31.8 Å². The number of halogens is 6. The molecule has 232 valence electrons. The van der Waals surface area contributed by atoms with Gasteiger partial charge in [0, 0.05) is 19.5 Å². The molecule has 1 atom stereocenters. The van der Waals surface area contributed by atoms with Crippen molar-refractivity contribution >= 4 is 12.2 Å². The zero-order valence-corrected chi connectivity index (χ0v) is 24.1. The van der Waals surface area contributed by atoms with Gasteiger partial charge >= 0.3 is 12.5 Å². The normalized spacial score (nSPS) is 13.5. The number of carbonyl (C=O) groups is 2. The highest BCUT2D eigenvalue weighted by Gasteiger charge is 2.44. The molecule has 0 aliphatic heterocycles. The summed E-state index contributed by atoms with van der Waals surface area (Å²) in [5.74, 6) is -2.06. The topological polar surface area (TPSA) is 81.4 Å². The van der Waals surface area contributed by atoms with E-state index in [0.29, 0.717) is 18.0 Å². The number of rotatable bonds is 10. The molecule has 1 aliphatic carbocycles. The highest BCUT2D eigenvalue weighted by Crippen LogP contribution is 2.29. The summed E-state index contributed by atoms with van der Waals surface area (Å²) in [5, 5.41) is 2.25. The van der Waals surface area contributed by atoms with Crippen LogP contribution in [0.3, 0.4) is 0 Å². The van der Waals surface area contributed by atoms with Gasteiger partial charge in [-0.05, 0) is 62.6 Å². The van der Waals surface area contributed by atoms with Crippen LogP contribution in [0.15, 0.2) is 109 Å². The number of alkyl halides is 4. The maximum Gasteiger partial charge on any atom is 0.461 e. The van der Waals surface area contributed by atoms with Crippen LogP contribution >= 0.6 is 0 Å². The zero-order valence-electron chi connectivity index (χ0n) is 24.1. The molecule has 0 spiro atoms. The summed E-state index contributed by atoms with van der Waals surface area (Å²) in [6, 6.07) is 3.96. The van der Waals surface area contributed by atoms with Crippen LogP contribution in [0.2, 0.25) is 0 Å². The third-order valence-electron chi connectivity index (χ3n) is 4.46. The number of amides is 1. The van der Waals surface area contributed by atoms with Crippen molar-refractivity contribution in [2.24, 2.45) is 5.73 Å². The van der Waals surface area contributed by atoms with Gasteiger partial charge in [0.05, 0.1) is 6.04 Å². The molecular weight excluding hydrogens is 562 g/mol. The van der Waals surface area contributed by atoms with Crippen LogP contribution in [0, 0.1) is 5.82 Å². The molecule has 0 heterocycles. The van der Waals surface area contributed by atoms with E-state index in [2.05, 4.69) is 37.1 Å². The van der Waals surface area contributed by atoms with Crippen LogP contribution in [0.25, 0.3) is 0 Å². The number of ether oxygens (including phenoxy) is 1. The lowest BCUT2D eigenvalue weighted by Crippen LogP contribution is -2.29. The smallest absolute Gasteiger partial charge is 0.428 e. The Morgan fingerprint density at radius 2 is 1.69 bits per heavy atom. The first kappa shape index (κ1) is 40.0. The van der Waals surface area contributed by atoms with E-state index in [1.54, 1.807) is 19.2 Å². The fourth-order valence-electron chi connectivity index (χ4n) is 2.51. The summed E-state index contributed by atoms with van der Waals surface area (Å²) < 4.78 is 80.1. The van der Waals surface area contributed by atoms with E-state index in [1.807, 2.05) is 24.3 Å². The Bertz CT molecular complexity index is 1130. The summed E-state index contributed by atoms with van der Waals surface area (Å²) in [7, 11) is 1.56. The molecular formula is C31H38F6N2O3. The van der Waals surface area contributed by atoms with Crippen molar-refractivity contribution in [3.8, 4) is 0 Å². The summed E-state index contributed by atoms with van der Waals surface area (Å²) in [6.45, 7) is 12.1. The number of allylic oxidation sites excluding steroid dienone is 9. The van der Waals surface area contributed by atoms with E-state index in [1.165, 1.54) is 17.7 Å². The minimum absolute atomic E-state index is 0.0285. The molecule has 0 radical (unpaired) electrons. The molecule has 0 fully saturated rings. The highest BCUT2D eigenvalue weighted by molar-refractivity contribution is 5.91. The second kappa shape index (κ2) is 22.6. The molecule has 0 saturated heterocycles. The number of nitrogens with two attached hydrogens (primary N) is 1. The molecule has 3 N–H and O–H groups in total. The maximum absolute atomic E-state index is 13.0. The third-order valence-corrected chi connectivity index (χ3v) is 4.46. The lowest BCUT2D eigenvalue weighted by molar-refractivity contribution is -0.279. The summed E-state index contributed by atoms with van der Waals surface area (Å²) in [5.41, 5.74) is 7.49. The predicted octanol–water partition coefficient (Wildman–Crippen LogP) is 7.98. The summed E-state index contributed by atoms with van der Waals surface area (Å²) in [4.78, 5) is 19.2. The van der Waals surface area contributed by atoms with Crippen molar-refractivity contribution in [2.75, 3.05) is 7.05 Å². The van der Waals surface area contributed by atoms with Crippen LogP contribution < -0.4 is 11.1 Å². The number of carbonyl (C=O) groups excluding carboxylic acids is 2. The minimum Gasteiger partial charge on any atom is -0.428 e. The first-order chi connectivity index (χ1) is 19.6. The third kappa shape index (κ3) is 20.7. The second-order valence-corrected chi connectivity index (χ2v) is 8.53. The Morgan fingerprint density at radius 3 is 2.05 bits per heavy atom. The number of hydrogen-bond acceptors (Lipinski definition) is 4. The molecule has 0 unspecified atom stereocenters. The lowest BCUT2D eigenvalue weighted by Gasteiger charge is -2.19. The summed E-state index contributed by atoms with van der Waals surface area (Å²) >= 11 is 0. The number of ketones is 1. The van der Waals surface area contributed by atoms with Crippen molar-refractivity contribution < 1.29 is 40.7 Å². The van der Waals surface area contributed by atoms with Crippen LogP contribution in [0.4, 0.5) is 26.3 Å². The van der Waals surface area contributed by atoms with Gasteiger partial charge in [0.2, 0.25) is 6.41 Å². The Kier molecular flexibility index (Phi) is 21.5. The van der Waals surface area contributed by atoms with E-state index < -0.39 is 36.0 Å². The van der Waals surface area contributed by atoms with Gasteiger partial charge in [0.25, 0.3) is 0 Å². The van der Waals surface area contributed by atoms with E-state index in [4.69, 9.17) is 10.5 Å². The molecule has 1 aliphatic rings. The molecule has 2 rings (SSSR count).